The highest BCUT2D eigenvalue weighted by Gasteiger charge is 2.22. The molecule has 0 spiro atoms. The van der Waals surface area contributed by atoms with Gasteiger partial charge in [-0.3, -0.25) is 9.78 Å². The van der Waals surface area contributed by atoms with E-state index in [1.807, 2.05) is 31.2 Å². The average molecular weight is 402 g/mol. The lowest BCUT2D eigenvalue weighted by Gasteiger charge is -2.15. The van der Waals surface area contributed by atoms with Gasteiger partial charge in [-0.15, -0.1) is 23.1 Å². The SMILES string of the molecule is COc1ccc2nc(C)cc(SC[C@H](NC(=O)c3cccs3)C(=O)O)c2c1. The van der Waals surface area contributed by atoms with E-state index in [0.717, 1.165) is 21.5 Å². The highest BCUT2D eigenvalue weighted by atomic mass is 32.2. The second-order valence-electron chi connectivity index (χ2n) is 5.80. The molecular weight excluding hydrogens is 384 g/mol. The lowest BCUT2D eigenvalue weighted by molar-refractivity contribution is -0.138. The number of thiophene rings is 1. The van der Waals surface area contributed by atoms with Crippen LogP contribution in [0.1, 0.15) is 15.4 Å². The monoisotopic (exact) mass is 402 g/mol. The minimum atomic E-state index is -1.07. The normalized spacial score (nSPS) is 11.9. The van der Waals surface area contributed by atoms with Crippen molar-refractivity contribution in [3.8, 4) is 5.75 Å². The number of nitrogens with one attached hydrogen (secondary N) is 1. The third kappa shape index (κ3) is 4.58. The molecule has 0 saturated heterocycles. The number of ether oxygens (including phenoxy) is 1. The quantitative estimate of drug-likeness (QED) is 0.587. The van der Waals surface area contributed by atoms with Crippen LogP contribution in [0.3, 0.4) is 0 Å². The fraction of sp³-hybridized carbons (Fsp3) is 0.211. The number of carboxylic acids is 1. The van der Waals surface area contributed by atoms with Crippen LogP contribution >= 0.6 is 23.1 Å². The number of carbonyl (C=O) groups excluding carboxylic acids is 1. The number of aromatic nitrogens is 1. The van der Waals surface area contributed by atoms with Gasteiger partial charge in [-0.05, 0) is 42.6 Å². The van der Waals surface area contributed by atoms with E-state index in [9.17, 15) is 14.7 Å². The highest BCUT2D eigenvalue weighted by molar-refractivity contribution is 7.99. The van der Waals surface area contributed by atoms with Gasteiger partial charge in [0.2, 0.25) is 0 Å². The third-order valence-corrected chi connectivity index (χ3v) is 5.88. The van der Waals surface area contributed by atoms with Crippen molar-refractivity contribution in [1.29, 1.82) is 0 Å². The summed E-state index contributed by atoms with van der Waals surface area (Å²) in [6.07, 6.45) is 0. The zero-order valence-electron chi connectivity index (χ0n) is 14.8. The first-order chi connectivity index (χ1) is 13.0. The van der Waals surface area contributed by atoms with Crippen molar-refractivity contribution in [2.24, 2.45) is 0 Å². The number of aryl methyl sites for hydroxylation is 1. The number of rotatable bonds is 7. The summed E-state index contributed by atoms with van der Waals surface area (Å²) in [4.78, 5) is 29.7. The summed E-state index contributed by atoms with van der Waals surface area (Å²) in [5.74, 6) is -0.548. The van der Waals surface area contributed by atoms with Crippen molar-refractivity contribution in [2.75, 3.05) is 12.9 Å². The van der Waals surface area contributed by atoms with Gasteiger partial charge < -0.3 is 15.2 Å². The average Bonchev–Trinajstić information content (AvgIpc) is 3.19. The van der Waals surface area contributed by atoms with E-state index in [1.54, 1.807) is 24.6 Å². The van der Waals surface area contributed by atoms with Gasteiger partial charge in [-0.25, -0.2) is 4.79 Å². The minimum absolute atomic E-state index is 0.197. The van der Waals surface area contributed by atoms with E-state index in [0.29, 0.717) is 10.6 Å². The molecule has 2 heterocycles. The van der Waals surface area contributed by atoms with Crippen LogP contribution in [-0.2, 0) is 4.79 Å². The van der Waals surface area contributed by atoms with E-state index < -0.39 is 12.0 Å². The van der Waals surface area contributed by atoms with Crippen LogP contribution in [0.25, 0.3) is 10.9 Å². The molecule has 0 saturated carbocycles. The number of carboxylic acid groups (broad SMARTS) is 1. The maximum Gasteiger partial charge on any atom is 0.327 e. The standard InChI is InChI=1S/C19H18N2O4S2/c1-11-8-17(13-9-12(25-2)5-6-14(13)20-11)27-10-15(19(23)24)21-18(22)16-4-3-7-26-16/h3-9,15H,10H2,1-2H3,(H,21,22)(H,23,24)/t15-/m0/s1. The zero-order valence-corrected chi connectivity index (χ0v) is 16.4. The summed E-state index contributed by atoms with van der Waals surface area (Å²) in [6.45, 7) is 1.89. The number of amides is 1. The van der Waals surface area contributed by atoms with Crippen LogP contribution in [0.4, 0.5) is 0 Å². The van der Waals surface area contributed by atoms with E-state index in [1.165, 1.54) is 23.1 Å². The van der Waals surface area contributed by atoms with Crippen molar-refractivity contribution >= 4 is 45.9 Å². The molecule has 6 nitrogen and oxygen atoms in total. The van der Waals surface area contributed by atoms with E-state index in [2.05, 4.69) is 10.3 Å². The molecule has 1 atom stereocenters. The molecule has 8 heteroatoms. The largest absolute Gasteiger partial charge is 0.497 e. The molecule has 2 aromatic heterocycles. The molecule has 3 aromatic rings. The molecule has 0 unspecified atom stereocenters. The van der Waals surface area contributed by atoms with Gasteiger partial charge in [0.25, 0.3) is 5.91 Å². The van der Waals surface area contributed by atoms with Crippen molar-refractivity contribution in [3.05, 3.63) is 52.3 Å². The Morgan fingerprint density at radius 2 is 2.15 bits per heavy atom. The lowest BCUT2D eigenvalue weighted by Crippen LogP contribution is -2.42. The van der Waals surface area contributed by atoms with Gasteiger partial charge in [-0.2, -0.15) is 0 Å². The van der Waals surface area contributed by atoms with E-state index in [4.69, 9.17) is 4.74 Å². The number of hydrogen-bond acceptors (Lipinski definition) is 6. The second-order valence-corrected chi connectivity index (χ2v) is 7.81. The van der Waals surface area contributed by atoms with E-state index in [-0.39, 0.29) is 11.7 Å². The van der Waals surface area contributed by atoms with Crippen molar-refractivity contribution in [1.82, 2.24) is 10.3 Å². The number of hydrogen-bond donors (Lipinski definition) is 2. The van der Waals surface area contributed by atoms with Crippen LogP contribution in [-0.4, -0.2) is 40.9 Å². The van der Waals surface area contributed by atoms with Gasteiger partial charge in [0.05, 0.1) is 17.5 Å². The Balaban J connectivity index is 1.80. The van der Waals surface area contributed by atoms with Gasteiger partial charge >= 0.3 is 5.97 Å². The number of pyridine rings is 1. The molecule has 140 valence electrons. The second kappa shape index (κ2) is 8.41. The summed E-state index contributed by atoms with van der Waals surface area (Å²) in [5, 5.41) is 14.7. The number of methoxy groups -OCH3 is 1. The smallest absolute Gasteiger partial charge is 0.327 e. The van der Waals surface area contributed by atoms with Crippen LogP contribution in [0.5, 0.6) is 5.75 Å². The number of carbonyl (C=O) groups is 2. The molecular formula is C19H18N2O4S2. The minimum Gasteiger partial charge on any atom is -0.497 e. The summed E-state index contributed by atoms with van der Waals surface area (Å²) >= 11 is 2.64. The Morgan fingerprint density at radius 1 is 1.33 bits per heavy atom. The number of thioether (sulfide) groups is 1. The Morgan fingerprint density at radius 3 is 2.81 bits per heavy atom. The molecule has 0 aliphatic rings. The summed E-state index contributed by atoms with van der Waals surface area (Å²) in [6, 6.07) is 9.92. The predicted octanol–water partition coefficient (Wildman–Crippen LogP) is 3.59. The molecule has 1 amide bonds. The Bertz CT molecular complexity index is 973. The molecule has 0 bridgehead atoms. The number of aliphatic carboxylic acids is 1. The first-order valence-electron chi connectivity index (χ1n) is 8.13. The number of fused-ring (bicyclic) bond motifs is 1. The molecule has 0 radical (unpaired) electrons. The van der Waals surface area contributed by atoms with Crippen LogP contribution in [0.2, 0.25) is 0 Å². The highest BCUT2D eigenvalue weighted by Crippen LogP contribution is 2.31. The van der Waals surface area contributed by atoms with Gasteiger partial charge in [0.1, 0.15) is 11.8 Å². The number of nitrogens with zero attached hydrogens (tertiary/aromatic N) is 1. The lowest BCUT2D eigenvalue weighted by atomic mass is 10.2. The summed E-state index contributed by atoms with van der Waals surface area (Å²) in [5.41, 5.74) is 1.65. The Kier molecular flexibility index (Phi) is 5.98. The third-order valence-electron chi connectivity index (χ3n) is 3.86. The van der Waals surface area contributed by atoms with Crippen molar-refractivity contribution < 1.29 is 19.4 Å². The first-order valence-corrected chi connectivity index (χ1v) is 10.00. The molecule has 0 aliphatic carbocycles. The molecule has 2 N–H and O–H groups in total. The van der Waals surface area contributed by atoms with Crippen LogP contribution < -0.4 is 10.1 Å². The molecule has 1 aromatic carbocycles. The van der Waals surface area contributed by atoms with Crippen LogP contribution in [0.15, 0.2) is 46.7 Å². The summed E-state index contributed by atoms with van der Waals surface area (Å²) in [7, 11) is 1.59. The molecule has 3 rings (SSSR count). The molecule has 0 aliphatic heterocycles. The van der Waals surface area contributed by atoms with E-state index >= 15 is 0 Å². The Hall–Kier alpha value is -2.58. The van der Waals surface area contributed by atoms with Crippen LogP contribution in [0, 0.1) is 6.92 Å². The number of benzene rings is 1. The maximum absolute atomic E-state index is 12.2. The van der Waals surface area contributed by atoms with Crippen molar-refractivity contribution in [3.63, 3.8) is 0 Å². The van der Waals surface area contributed by atoms with Gasteiger partial charge in [0.15, 0.2) is 0 Å². The Labute approximate surface area is 164 Å². The summed E-state index contributed by atoms with van der Waals surface area (Å²) < 4.78 is 5.28. The predicted molar refractivity (Wildman–Crippen MR) is 107 cm³/mol. The first kappa shape index (κ1) is 19.2. The maximum atomic E-state index is 12.2. The van der Waals surface area contributed by atoms with Crippen molar-refractivity contribution in [2.45, 2.75) is 17.9 Å². The fourth-order valence-electron chi connectivity index (χ4n) is 2.53. The topological polar surface area (TPSA) is 88.5 Å². The zero-order chi connectivity index (χ0) is 19.4. The van der Waals surface area contributed by atoms with Gasteiger partial charge in [0, 0.05) is 21.7 Å². The molecule has 0 fully saturated rings. The molecule has 27 heavy (non-hydrogen) atoms. The fourth-order valence-corrected chi connectivity index (χ4v) is 4.30. The van der Waals surface area contributed by atoms with Gasteiger partial charge in [-0.1, -0.05) is 6.07 Å².